The molecule has 0 saturated carbocycles. The van der Waals surface area contributed by atoms with Crippen LogP contribution in [0.2, 0.25) is 0 Å². The normalized spacial score (nSPS) is 12.4. The summed E-state index contributed by atoms with van der Waals surface area (Å²) in [5.41, 5.74) is 0. The van der Waals surface area contributed by atoms with Gasteiger partial charge in [0.25, 0.3) is 0 Å². The van der Waals surface area contributed by atoms with E-state index in [0.717, 1.165) is 64.2 Å². The van der Waals surface area contributed by atoms with E-state index in [-0.39, 0.29) is 37.5 Å². The summed E-state index contributed by atoms with van der Waals surface area (Å²) in [4.78, 5) is 37.8. The average molecular weight is 827 g/mol. The maximum absolute atomic E-state index is 12.8. The number of esters is 3. The largest absolute Gasteiger partial charge is 0.462 e. The number of hydrogen-bond donors (Lipinski definition) is 0. The lowest BCUT2D eigenvalue weighted by molar-refractivity contribution is -0.167. The Morgan fingerprint density at radius 1 is 0.339 bits per heavy atom. The third kappa shape index (κ3) is 46.3. The minimum Gasteiger partial charge on any atom is -0.462 e. The molecule has 0 spiro atoms. The van der Waals surface area contributed by atoms with Crippen LogP contribution < -0.4 is 0 Å². The van der Waals surface area contributed by atoms with Gasteiger partial charge in [-0.1, -0.05) is 223 Å². The van der Waals surface area contributed by atoms with Gasteiger partial charge < -0.3 is 14.2 Å². The monoisotopic (exact) mass is 827 g/mol. The van der Waals surface area contributed by atoms with Gasteiger partial charge in [0.1, 0.15) is 13.2 Å². The molecule has 59 heavy (non-hydrogen) atoms. The van der Waals surface area contributed by atoms with Crippen LogP contribution in [0.3, 0.4) is 0 Å². The maximum Gasteiger partial charge on any atom is 0.306 e. The van der Waals surface area contributed by atoms with Crippen LogP contribution in [-0.2, 0) is 28.6 Å². The lowest BCUT2D eigenvalue weighted by Crippen LogP contribution is -2.30. The molecule has 0 aromatic rings. The molecule has 0 aromatic carbocycles. The summed E-state index contributed by atoms with van der Waals surface area (Å²) in [7, 11) is 0. The topological polar surface area (TPSA) is 78.9 Å². The highest BCUT2D eigenvalue weighted by atomic mass is 16.6. The summed E-state index contributed by atoms with van der Waals surface area (Å²) in [6, 6.07) is 0. The number of allylic oxidation sites excluding steroid dienone is 8. The van der Waals surface area contributed by atoms with Gasteiger partial charge in [-0.15, -0.1) is 0 Å². The SMILES string of the molecule is CCCCC/C=C\C/C=C\C/C=C\C/C=C\CCCC(=O)OC[C@@H](COC(=O)CCCCCCCCCCCC)OC(=O)CCCCCCCCCCCCCCCC. The molecule has 0 aliphatic carbocycles. The van der Waals surface area contributed by atoms with E-state index in [1.165, 1.54) is 141 Å². The standard InChI is InChI=1S/C53H94O6/c1-4-7-10-13-16-19-22-24-26-27-28-30-31-34-37-40-43-46-52(55)58-49-50(48-57-51(54)45-42-39-36-33-21-18-15-12-9-6-3)59-53(56)47-44-41-38-35-32-29-25-23-20-17-14-11-8-5-2/h16,19,24,26,28,30,34,37,50H,4-15,17-18,20-23,25,27,29,31-33,35-36,38-49H2,1-3H3/b19-16-,26-24-,30-28-,37-34-/t50-/m1/s1. The first-order chi connectivity index (χ1) is 29.0. The number of ether oxygens (including phenoxy) is 3. The van der Waals surface area contributed by atoms with Gasteiger partial charge in [-0.2, -0.15) is 0 Å². The molecule has 1 atom stereocenters. The zero-order valence-corrected chi connectivity index (χ0v) is 39.0. The molecular formula is C53H94O6. The van der Waals surface area contributed by atoms with Crippen molar-refractivity contribution in [1.82, 2.24) is 0 Å². The lowest BCUT2D eigenvalue weighted by Gasteiger charge is -2.18. The molecule has 0 bridgehead atoms. The van der Waals surface area contributed by atoms with E-state index in [9.17, 15) is 14.4 Å². The summed E-state index contributed by atoms with van der Waals surface area (Å²) < 4.78 is 16.7. The molecule has 0 aliphatic rings. The van der Waals surface area contributed by atoms with Crippen molar-refractivity contribution in [2.24, 2.45) is 0 Å². The smallest absolute Gasteiger partial charge is 0.306 e. The summed E-state index contributed by atoms with van der Waals surface area (Å²) in [6.45, 7) is 6.56. The molecule has 0 aromatic heterocycles. The van der Waals surface area contributed by atoms with Gasteiger partial charge in [0.05, 0.1) is 0 Å². The van der Waals surface area contributed by atoms with Crippen molar-refractivity contribution in [1.29, 1.82) is 0 Å². The number of rotatable bonds is 45. The van der Waals surface area contributed by atoms with E-state index in [1.807, 2.05) is 0 Å². The van der Waals surface area contributed by atoms with Crippen LogP contribution in [0.5, 0.6) is 0 Å². The Bertz CT molecular complexity index is 1040. The molecule has 0 heterocycles. The van der Waals surface area contributed by atoms with Crippen LogP contribution in [0, 0.1) is 0 Å². The van der Waals surface area contributed by atoms with Gasteiger partial charge in [0.15, 0.2) is 6.10 Å². The van der Waals surface area contributed by atoms with Crippen molar-refractivity contribution >= 4 is 17.9 Å². The summed E-state index contributed by atoms with van der Waals surface area (Å²) in [5, 5.41) is 0. The Kier molecular flexibility index (Phi) is 45.9. The fourth-order valence-corrected chi connectivity index (χ4v) is 7.02. The highest BCUT2D eigenvalue weighted by Crippen LogP contribution is 2.15. The molecular weight excluding hydrogens is 733 g/mol. The number of hydrogen-bond acceptors (Lipinski definition) is 6. The van der Waals surface area contributed by atoms with Crippen LogP contribution in [0.15, 0.2) is 48.6 Å². The second kappa shape index (κ2) is 48.0. The van der Waals surface area contributed by atoms with Crippen LogP contribution in [0.4, 0.5) is 0 Å². The number of carbonyl (C=O) groups excluding carboxylic acids is 3. The van der Waals surface area contributed by atoms with E-state index in [4.69, 9.17) is 14.2 Å². The second-order valence-corrected chi connectivity index (χ2v) is 16.7. The molecule has 0 unspecified atom stereocenters. The molecule has 0 radical (unpaired) electrons. The van der Waals surface area contributed by atoms with E-state index in [2.05, 4.69) is 69.4 Å². The minimum absolute atomic E-state index is 0.0867. The van der Waals surface area contributed by atoms with Gasteiger partial charge >= 0.3 is 17.9 Å². The molecule has 0 N–H and O–H groups in total. The van der Waals surface area contributed by atoms with E-state index < -0.39 is 6.10 Å². The predicted molar refractivity (Wildman–Crippen MR) is 252 cm³/mol. The third-order valence-corrected chi connectivity index (χ3v) is 10.8. The van der Waals surface area contributed by atoms with Gasteiger partial charge in [-0.05, 0) is 57.8 Å². The zero-order valence-electron chi connectivity index (χ0n) is 39.0. The Morgan fingerprint density at radius 2 is 0.627 bits per heavy atom. The predicted octanol–water partition coefficient (Wildman–Crippen LogP) is 16.3. The first-order valence-electron chi connectivity index (χ1n) is 25.1. The Labute approximate surface area is 365 Å². The molecule has 342 valence electrons. The fraction of sp³-hybridized carbons (Fsp3) is 0.792. The number of carbonyl (C=O) groups is 3. The Morgan fingerprint density at radius 3 is 1.02 bits per heavy atom. The van der Waals surface area contributed by atoms with Crippen molar-refractivity contribution in [3.05, 3.63) is 48.6 Å². The fourth-order valence-electron chi connectivity index (χ4n) is 7.02. The quantitative estimate of drug-likeness (QED) is 0.0263. The molecule has 0 fully saturated rings. The Balaban J connectivity index is 4.42. The van der Waals surface area contributed by atoms with Crippen molar-refractivity contribution in [3.63, 3.8) is 0 Å². The molecule has 0 aliphatic heterocycles. The van der Waals surface area contributed by atoms with Crippen LogP contribution in [-0.4, -0.2) is 37.2 Å². The number of unbranched alkanes of at least 4 members (excludes halogenated alkanes) is 26. The first kappa shape index (κ1) is 56.4. The van der Waals surface area contributed by atoms with Gasteiger partial charge in [0, 0.05) is 19.3 Å². The van der Waals surface area contributed by atoms with Gasteiger partial charge in [-0.25, -0.2) is 0 Å². The average Bonchev–Trinajstić information content (AvgIpc) is 3.23. The van der Waals surface area contributed by atoms with Crippen LogP contribution in [0.1, 0.15) is 252 Å². The van der Waals surface area contributed by atoms with Crippen molar-refractivity contribution < 1.29 is 28.6 Å². The lowest BCUT2D eigenvalue weighted by atomic mass is 10.0. The second-order valence-electron chi connectivity index (χ2n) is 16.7. The van der Waals surface area contributed by atoms with Crippen molar-refractivity contribution in [2.75, 3.05) is 13.2 Å². The van der Waals surface area contributed by atoms with Gasteiger partial charge in [-0.3, -0.25) is 14.4 Å². The van der Waals surface area contributed by atoms with E-state index in [1.54, 1.807) is 0 Å². The minimum atomic E-state index is -0.789. The summed E-state index contributed by atoms with van der Waals surface area (Å²) >= 11 is 0. The first-order valence-corrected chi connectivity index (χ1v) is 25.1. The van der Waals surface area contributed by atoms with E-state index in [0.29, 0.717) is 19.3 Å². The zero-order chi connectivity index (χ0) is 43.0. The van der Waals surface area contributed by atoms with Gasteiger partial charge in [0.2, 0.25) is 0 Å². The molecule has 0 amide bonds. The molecule has 6 heteroatoms. The van der Waals surface area contributed by atoms with Crippen LogP contribution >= 0.6 is 0 Å². The summed E-state index contributed by atoms with van der Waals surface area (Å²) in [5.74, 6) is -0.940. The van der Waals surface area contributed by atoms with E-state index >= 15 is 0 Å². The van der Waals surface area contributed by atoms with Crippen LogP contribution in [0.25, 0.3) is 0 Å². The highest BCUT2D eigenvalue weighted by Gasteiger charge is 2.19. The van der Waals surface area contributed by atoms with Crippen molar-refractivity contribution in [3.8, 4) is 0 Å². The third-order valence-electron chi connectivity index (χ3n) is 10.8. The molecule has 0 saturated heterocycles. The van der Waals surface area contributed by atoms with Crippen molar-refractivity contribution in [2.45, 2.75) is 258 Å². The maximum atomic E-state index is 12.8. The Hall–Kier alpha value is -2.63. The summed E-state index contributed by atoms with van der Waals surface area (Å²) in [6.07, 6.45) is 56.7. The molecule has 0 rings (SSSR count). The molecule has 6 nitrogen and oxygen atoms in total. The highest BCUT2D eigenvalue weighted by molar-refractivity contribution is 5.71.